The maximum Gasteiger partial charge on any atom is 0.0111 e. The zero-order valence-electron chi connectivity index (χ0n) is 10.3. The van der Waals surface area contributed by atoms with Crippen molar-refractivity contribution in [2.24, 2.45) is 5.92 Å². The lowest BCUT2D eigenvalue weighted by Crippen LogP contribution is -2.47. The van der Waals surface area contributed by atoms with Crippen molar-refractivity contribution in [3.63, 3.8) is 0 Å². The Morgan fingerprint density at radius 1 is 1.00 bits per heavy atom. The predicted molar refractivity (Wildman–Crippen MR) is 65.1 cm³/mol. The van der Waals surface area contributed by atoms with Crippen LogP contribution in [-0.4, -0.2) is 36.6 Å². The quantitative estimate of drug-likeness (QED) is 0.714. The fraction of sp³-hybridized carbons (Fsp3) is 1.00. The molecule has 0 saturated carbocycles. The van der Waals surface area contributed by atoms with Crippen LogP contribution in [0, 0.1) is 5.92 Å². The molecule has 0 bridgehead atoms. The Kier molecular flexibility index (Phi) is 4.04. The molecule has 0 aliphatic carbocycles. The van der Waals surface area contributed by atoms with Gasteiger partial charge in [-0.15, -0.1) is 0 Å². The Labute approximate surface area is 94.4 Å². The van der Waals surface area contributed by atoms with Crippen molar-refractivity contribution in [2.45, 2.75) is 58.0 Å². The van der Waals surface area contributed by atoms with Crippen LogP contribution < -0.4 is 5.32 Å². The molecule has 2 saturated heterocycles. The molecule has 2 aliphatic heterocycles. The third kappa shape index (κ3) is 2.94. The Morgan fingerprint density at radius 3 is 2.73 bits per heavy atom. The summed E-state index contributed by atoms with van der Waals surface area (Å²) in [6, 6.07) is 1.68. The van der Waals surface area contributed by atoms with Gasteiger partial charge in [0.15, 0.2) is 0 Å². The fourth-order valence-corrected chi connectivity index (χ4v) is 3.16. The number of rotatable bonds is 1. The van der Waals surface area contributed by atoms with E-state index < -0.39 is 0 Å². The summed E-state index contributed by atoms with van der Waals surface area (Å²) in [4.78, 5) is 2.79. The van der Waals surface area contributed by atoms with Gasteiger partial charge in [0, 0.05) is 18.6 Å². The van der Waals surface area contributed by atoms with Crippen molar-refractivity contribution >= 4 is 0 Å². The minimum Gasteiger partial charge on any atom is -0.317 e. The zero-order chi connectivity index (χ0) is 10.7. The molecule has 0 aromatic carbocycles. The van der Waals surface area contributed by atoms with Gasteiger partial charge in [-0.05, 0) is 58.0 Å². The summed E-state index contributed by atoms with van der Waals surface area (Å²) < 4.78 is 0. The van der Waals surface area contributed by atoms with Gasteiger partial charge in [-0.3, -0.25) is 4.90 Å². The second-order valence-electron chi connectivity index (χ2n) is 5.56. The standard InChI is InChI=1S/C13H26N2/c1-11-5-6-12(2)15(10-11)13-4-3-8-14-9-7-13/h11-14H,3-10H2,1-2H3. The molecular weight excluding hydrogens is 184 g/mol. The first-order valence-electron chi connectivity index (χ1n) is 6.74. The lowest BCUT2D eigenvalue weighted by atomic mass is 9.92. The van der Waals surface area contributed by atoms with Crippen molar-refractivity contribution in [3.8, 4) is 0 Å². The molecule has 88 valence electrons. The SMILES string of the molecule is CC1CCC(C)N(C2CCCNCC2)C1. The Hall–Kier alpha value is -0.0800. The Balaban J connectivity index is 1.93. The largest absolute Gasteiger partial charge is 0.317 e. The van der Waals surface area contributed by atoms with Crippen molar-refractivity contribution in [1.29, 1.82) is 0 Å². The van der Waals surface area contributed by atoms with Gasteiger partial charge in [0.1, 0.15) is 0 Å². The second kappa shape index (κ2) is 5.31. The first-order chi connectivity index (χ1) is 7.27. The first-order valence-corrected chi connectivity index (χ1v) is 6.74. The van der Waals surface area contributed by atoms with E-state index in [0.29, 0.717) is 0 Å². The van der Waals surface area contributed by atoms with Gasteiger partial charge in [0.2, 0.25) is 0 Å². The van der Waals surface area contributed by atoms with Crippen molar-refractivity contribution in [3.05, 3.63) is 0 Å². The van der Waals surface area contributed by atoms with Crippen LogP contribution in [-0.2, 0) is 0 Å². The van der Waals surface area contributed by atoms with Crippen LogP contribution in [0.25, 0.3) is 0 Å². The van der Waals surface area contributed by atoms with E-state index in [2.05, 4.69) is 24.1 Å². The van der Waals surface area contributed by atoms with Crippen LogP contribution in [0.1, 0.15) is 46.0 Å². The molecule has 3 atom stereocenters. The highest BCUT2D eigenvalue weighted by molar-refractivity contribution is 4.84. The minimum absolute atomic E-state index is 0.823. The topological polar surface area (TPSA) is 15.3 Å². The van der Waals surface area contributed by atoms with Crippen molar-refractivity contribution < 1.29 is 0 Å². The van der Waals surface area contributed by atoms with E-state index in [4.69, 9.17) is 0 Å². The summed E-state index contributed by atoms with van der Waals surface area (Å²) in [7, 11) is 0. The zero-order valence-corrected chi connectivity index (χ0v) is 10.3. The van der Waals surface area contributed by atoms with Crippen LogP contribution in [0.5, 0.6) is 0 Å². The summed E-state index contributed by atoms with van der Waals surface area (Å²) in [6.07, 6.45) is 6.97. The summed E-state index contributed by atoms with van der Waals surface area (Å²) in [5.74, 6) is 0.914. The van der Waals surface area contributed by atoms with Gasteiger partial charge >= 0.3 is 0 Å². The molecule has 0 radical (unpaired) electrons. The van der Waals surface area contributed by atoms with E-state index in [-0.39, 0.29) is 0 Å². The molecule has 0 aromatic rings. The molecule has 2 heterocycles. The molecular formula is C13H26N2. The molecule has 2 fully saturated rings. The average molecular weight is 210 g/mol. The highest BCUT2D eigenvalue weighted by Gasteiger charge is 2.28. The van der Waals surface area contributed by atoms with Gasteiger partial charge in [-0.25, -0.2) is 0 Å². The molecule has 15 heavy (non-hydrogen) atoms. The van der Waals surface area contributed by atoms with E-state index in [1.54, 1.807) is 0 Å². The number of piperidine rings is 1. The Bertz CT molecular complexity index is 185. The van der Waals surface area contributed by atoms with E-state index in [0.717, 1.165) is 18.0 Å². The summed E-state index contributed by atoms with van der Waals surface area (Å²) in [6.45, 7) is 8.63. The normalized spacial score (nSPS) is 40.0. The fourth-order valence-electron chi connectivity index (χ4n) is 3.16. The van der Waals surface area contributed by atoms with Crippen LogP contribution in [0.15, 0.2) is 0 Å². The van der Waals surface area contributed by atoms with Crippen molar-refractivity contribution in [1.82, 2.24) is 10.2 Å². The lowest BCUT2D eigenvalue weighted by molar-refractivity contribution is 0.0705. The second-order valence-corrected chi connectivity index (χ2v) is 5.56. The van der Waals surface area contributed by atoms with Gasteiger partial charge in [-0.2, -0.15) is 0 Å². The summed E-state index contributed by atoms with van der Waals surface area (Å²) in [5, 5.41) is 3.52. The van der Waals surface area contributed by atoms with Crippen LogP contribution in [0.3, 0.4) is 0 Å². The first kappa shape index (κ1) is 11.4. The molecule has 3 unspecified atom stereocenters. The third-order valence-electron chi connectivity index (χ3n) is 4.18. The number of nitrogens with zero attached hydrogens (tertiary/aromatic N) is 1. The number of nitrogens with one attached hydrogen (secondary N) is 1. The van der Waals surface area contributed by atoms with E-state index in [1.807, 2.05) is 0 Å². The maximum atomic E-state index is 3.52. The van der Waals surface area contributed by atoms with E-state index in [9.17, 15) is 0 Å². The molecule has 2 rings (SSSR count). The maximum absolute atomic E-state index is 3.52. The summed E-state index contributed by atoms with van der Waals surface area (Å²) >= 11 is 0. The lowest BCUT2D eigenvalue weighted by Gasteiger charge is -2.42. The average Bonchev–Trinajstić information content (AvgIpc) is 2.50. The number of hydrogen-bond acceptors (Lipinski definition) is 2. The highest BCUT2D eigenvalue weighted by Crippen LogP contribution is 2.26. The predicted octanol–water partition coefficient (Wildman–Crippen LogP) is 2.25. The van der Waals surface area contributed by atoms with Crippen LogP contribution in [0.4, 0.5) is 0 Å². The van der Waals surface area contributed by atoms with Gasteiger partial charge < -0.3 is 5.32 Å². The molecule has 2 nitrogen and oxygen atoms in total. The highest BCUT2D eigenvalue weighted by atomic mass is 15.2. The molecule has 2 aliphatic rings. The third-order valence-corrected chi connectivity index (χ3v) is 4.18. The molecule has 1 N–H and O–H groups in total. The van der Waals surface area contributed by atoms with Gasteiger partial charge in [-0.1, -0.05) is 6.92 Å². The number of likely N-dealkylation sites (tertiary alicyclic amines) is 1. The van der Waals surface area contributed by atoms with Crippen LogP contribution >= 0.6 is 0 Å². The number of hydrogen-bond donors (Lipinski definition) is 1. The summed E-state index contributed by atoms with van der Waals surface area (Å²) in [5.41, 5.74) is 0. The van der Waals surface area contributed by atoms with E-state index in [1.165, 1.54) is 51.7 Å². The minimum atomic E-state index is 0.823. The molecule has 0 spiro atoms. The Morgan fingerprint density at radius 2 is 1.87 bits per heavy atom. The monoisotopic (exact) mass is 210 g/mol. The molecule has 0 aromatic heterocycles. The van der Waals surface area contributed by atoms with Crippen molar-refractivity contribution in [2.75, 3.05) is 19.6 Å². The smallest absolute Gasteiger partial charge is 0.0111 e. The molecule has 2 heteroatoms. The van der Waals surface area contributed by atoms with Crippen LogP contribution in [0.2, 0.25) is 0 Å². The molecule has 0 amide bonds. The van der Waals surface area contributed by atoms with Gasteiger partial charge in [0.25, 0.3) is 0 Å². The van der Waals surface area contributed by atoms with E-state index >= 15 is 0 Å². The van der Waals surface area contributed by atoms with Gasteiger partial charge in [0.05, 0.1) is 0 Å².